The van der Waals surface area contributed by atoms with Crippen molar-refractivity contribution in [3.63, 3.8) is 0 Å². The van der Waals surface area contributed by atoms with Gasteiger partial charge in [-0.15, -0.1) is 0 Å². The van der Waals surface area contributed by atoms with E-state index in [1.54, 1.807) is 0 Å². The summed E-state index contributed by atoms with van der Waals surface area (Å²) in [6, 6.07) is 0. The first kappa shape index (κ1) is 16.4. The van der Waals surface area contributed by atoms with Gasteiger partial charge in [-0.2, -0.15) is 0 Å². The molecule has 1 nitrogen and oxygen atoms in total. The van der Waals surface area contributed by atoms with Crippen molar-refractivity contribution >= 4 is 0 Å². The highest BCUT2D eigenvalue weighted by atomic mass is 16.3. The molecule has 4 aliphatic rings. The molecule has 0 saturated heterocycles. The normalized spacial score (nSPS) is 59.1. The van der Waals surface area contributed by atoms with Crippen LogP contribution in [0.3, 0.4) is 0 Å². The third-order valence-corrected chi connectivity index (χ3v) is 9.30. The lowest BCUT2D eigenvalue weighted by Gasteiger charge is -2.57. The van der Waals surface area contributed by atoms with Gasteiger partial charge >= 0.3 is 0 Å². The van der Waals surface area contributed by atoms with Crippen LogP contribution in [0.25, 0.3) is 0 Å². The van der Waals surface area contributed by atoms with Gasteiger partial charge in [0, 0.05) is 5.48 Å². The number of hydrogen-bond acceptors (Lipinski definition) is 1. The van der Waals surface area contributed by atoms with Crippen molar-refractivity contribution in [2.75, 3.05) is 0 Å². The van der Waals surface area contributed by atoms with Crippen molar-refractivity contribution in [2.45, 2.75) is 111 Å². The molecule has 0 aromatic carbocycles. The van der Waals surface area contributed by atoms with Crippen LogP contribution in [0.1, 0.15) is 111 Å². The number of hydrogen-bond donors (Lipinski definition) is 1. The second kappa shape index (κ2) is 7.75. The first-order valence-corrected chi connectivity index (χ1v) is 12.0. The van der Waals surface area contributed by atoms with Crippen LogP contribution in [0.5, 0.6) is 0 Å². The third-order valence-electron chi connectivity index (χ3n) is 9.30. The van der Waals surface area contributed by atoms with Crippen molar-refractivity contribution < 1.29 is 10.6 Å². The van der Waals surface area contributed by atoms with Gasteiger partial charge in [-0.1, -0.05) is 65.5 Å². The summed E-state index contributed by atoms with van der Waals surface area (Å²) < 4.78 is 35.7. The zero-order chi connectivity index (χ0) is 23.6. The van der Waals surface area contributed by atoms with E-state index in [-0.39, 0.29) is 17.8 Å². The average molecular weight is 391 g/mol. The summed E-state index contributed by atoms with van der Waals surface area (Å²) in [5, 5.41) is 10.4. The molecule has 0 heterocycles. The molecule has 0 aromatic heterocycles. The summed E-state index contributed by atoms with van der Waals surface area (Å²) in [5.74, 6) is 1.58. The predicted octanol–water partition coefficient (Wildman–Crippen LogP) is 7.39. The number of allylic oxidation sites excluding steroid dienone is 2. The largest absolute Gasteiger partial charge is 0.393 e. The smallest absolute Gasteiger partial charge is 0.0543 e. The molecule has 0 aliphatic heterocycles. The fraction of sp³-hybridized carbons (Fsp3) is 0.926. The summed E-state index contributed by atoms with van der Waals surface area (Å²) in [6.07, 6.45) is 7.28. The predicted molar refractivity (Wildman–Crippen MR) is 119 cm³/mol. The molecule has 160 valence electrons. The molecule has 1 heteroatoms. The molecule has 4 rings (SSSR count). The van der Waals surface area contributed by atoms with Gasteiger partial charge in [0.2, 0.25) is 0 Å². The quantitative estimate of drug-likeness (QED) is 0.485. The fourth-order valence-corrected chi connectivity index (χ4v) is 7.61. The zero-order valence-electron chi connectivity index (χ0n) is 22.9. The Bertz CT molecular complexity index is 739. The van der Waals surface area contributed by atoms with E-state index in [0.29, 0.717) is 17.8 Å². The Hall–Kier alpha value is -0.300. The highest BCUT2D eigenvalue weighted by Crippen LogP contribution is 2.66. The summed E-state index contributed by atoms with van der Waals surface area (Å²) >= 11 is 0. The summed E-state index contributed by atoms with van der Waals surface area (Å²) in [5.41, 5.74) is 0.864. The lowest BCUT2D eigenvalue weighted by molar-refractivity contribution is -0.0427. The van der Waals surface area contributed by atoms with E-state index in [4.69, 9.17) is 4.11 Å². The fourth-order valence-electron chi connectivity index (χ4n) is 7.61. The van der Waals surface area contributed by atoms with Crippen LogP contribution in [0.4, 0.5) is 0 Å². The second-order valence-electron chi connectivity index (χ2n) is 11.4. The zero-order valence-corrected chi connectivity index (χ0v) is 18.9. The van der Waals surface area contributed by atoms with Crippen molar-refractivity contribution in [1.82, 2.24) is 0 Å². The van der Waals surface area contributed by atoms with Crippen LogP contribution in [0, 0.1) is 46.3 Å². The van der Waals surface area contributed by atoms with Gasteiger partial charge in [0.1, 0.15) is 0 Å². The van der Waals surface area contributed by atoms with Gasteiger partial charge in [0.25, 0.3) is 0 Å². The maximum absolute atomic E-state index is 10.4. The minimum atomic E-state index is -1.18. The Morgan fingerprint density at radius 3 is 2.64 bits per heavy atom. The average Bonchev–Trinajstić information content (AvgIpc) is 3.07. The van der Waals surface area contributed by atoms with Crippen LogP contribution in [0.2, 0.25) is 0 Å². The summed E-state index contributed by atoms with van der Waals surface area (Å²) in [4.78, 5) is 0. The Kier molecular flexibility index (Phi) is 4.54. The number of aliphatic hydroxyl groups is 1. The molecule has 3 fully saturated rings. The summed E-state index contributed by atoms with van der Waals surface area (Å²) in [6.45, 7) is 11.6. The molecule has 0 aromatic rings. The van der Waals surface area contributed by atoms with Gasteiger partial charge in [-0.05, 0) is 97.6 Å². The van der Waals surface area contributed by atoms with Crippen LogP contribution in [-0.4, -0.2) is 11.2 Å². The van der Waals surface area contributed by atoms with E-state index in [9.17, 15) is 6.48 Å². The molecule has 0 bridgehead atoms. The molecule has 4 aliphatic carbocycles. The third kappa shape index (κ3) is 3.42. The molecule has 0 amide bonds. The summed E-state index contributed by atoms with van der Waals surface area (Å²) in [7, 11) is 0. The van der Waals surface area contributed by atoms with E-state index < -0.39 is 36.6 Å². The van der Waals surface area contributed by atoms with Gasteiger partial charge in [0.05, 0.1) is 6.10 Å². The lowest BCUT2D eigenvalue weighted by Crippen LogP contribution is -2.49. The molecule has 0 radical (unpaired) electrons. The van der Waals surface area contributed by atoms with E-state index in [0.717, 1.165) is 18.8 Å². The van der Waals surface area contributed by atoms with Crippen LogP contribution >= 0.6 is 0 Å². The minimum absolute atomic E-state index is 0.109. The van der Waals surface area contributed by atoms with E-state index in [1.807, 2.05) is 6.92 Å². The van der Waals surface area contributed by atoms with Crippen molar-refractivity contribution in [3.8, 4) is 0 Å². The maximum atomic E-state index is 10.4. The Morgan fingerprint density at radius 1 is 1.14 bits per heavy atom. The maximum Gasteiger partial charge on any atom is 0.0543 e. The molecule has 3 saturated carbocycles. The molecular weight excluding hydrogens is 340 g/mol. The van der Waals surface area contributed by atoms with E-state index >= 15 is 0 Å². The van der Waals surface area contributed by atoms with Crippen LogP contribution < -0.4 is 0 Å². The highest BCUT2D eigenvalue weighted by Gasteiger charge is 2.58. The Labute approximate surface area is 180 Å². The van der Waals surface area contributed by atoms with Gasteiger partial charge in [-0.25, -0.2) is 0 Å². The molecule has 11 atom stereocenters. The SMILES string of the molecule is [2H]C1C([2H])[C@]2(C)[C@H]3CC[C@]4(C)[C@@H]([C@H](C)CCCC(C)C)CC[C@H]4C3=C[C@H]([2H])[C@@]2([2H])C[C@H]1O. The molecular formula is C27H46O. The molecule has 1 N–H and O–H groups in total. The van der Waals surface area contributed by atoms with Crippen molar-refractivity contribution in [3.05, 3.63) is 11.6 Å². The molecule has 2 unspecified atom stereocenters. The molecule has 28 heavy (non-hydrogen) atoms. The number of aliphatic hydroxyl groups excluding tert-OH is 1. The van der Waals surface area contributed by atoms with Gasteiger partial charge in [0.15, 0.2) is 0 Å². The standard InChI is InChI=1S/C27H46O/c1-18(2)7-6-8-19(3)23-11-12-24-22-10-9-20-17-21(28)13-15-26(20,4)25(22)14-16-27(23,24)5/h10,18-21,23-25,28H,6-9,11-17H2,1-5H3/t19-,20+,21+,23-,24+,25+,26+,27-/m1/s1/i9D,13D,15D,20D/t9-,13?,15?,19+,20-,21-,23+,24-,25-,26-,27+/m0. The van der Waals surface area contributed by atoms with Crippen molar-refractivity contribution in [2.24, 2.45) is 46.3 Å². The Morgan fingerprint density at radius 2 is 1.89 bits per heavy atom. The lowest BCUT2D eigenvalue weighted by atomic mass is 9.47. The number of rotatable bonds is 5. The van der Waals surface area contributed by atoms with Crippen molar-refractivity contribution in [1.29, 1.82) is 0 Å². The van der Waals surface area contributed by atoms with Gasteiger partial charge in [-0.3, -0.25) is 0 Å². The van der Waals surface area contributed by atoms with E-state index in [1.165, 1.54) is 37.7 Å². The minimum Gasteiger partial charge on any atom is -0.393 e. The second-order valence-corrected chi connectivity index (χ2v) is 11.4. The monoisotopic (exact) mass is 390 g/mol. The molecule has 0 spiro atoms. The van der Waals surface area contributed by atoms with E-state index in [2.05, 4.69) is 33.8 Å². The number of fused-ring (bicyclic) bond motifs is 5. The van der Waals surface area contributed by atoms with Crippen LogP contribution in [-0.2, 0) is 0 Å². The van der Waals surface area contributed by atoms with Crippen LogP contribution in [0.15, 0.2) is 11.6 Å². The topological polar surface area (TPSA) is 20.2 Å². The first-order chi connectivity index (χ1) is 14.9. The Balaban J connectivity index is 1.63. The van der Waals surface area contributed by atoms with Gasteiger partial charge < -0.3 is 5.11 Å². The highest BCUT2D eigenvalue weighted by molar-refractivity contribution is 5.27. The first-order valence-electron chi connectivity index (χ1n) is 14.3.